The standard InChI is InChI=1S/C19H29N5OS2/c1-4-18-23-15(13-27-18)10-21-19(20-3)22-11-16(17-6-5-9-26-17)24-7-8-25-14(2)12-24/h5-6,9,13-14,16H,4,7-8,10-12H2,1-3H3,(H2,20,21,22). The van der Waals surface area contributed by atoms with Crippen LogP contribution in [0.2, 0.25) is 0 Å². The maximum atomic E-state index is 5.72. The van der Waals surface area contributed by atoms with Crippen molar-refractivity contribution in [2.24, 2.45) is 4.99 Å². The highest BCUT2D eigenvalue weighted by Gasteiger charge is 2.26. The first-order valence-electron chi connectivity index (χ1n) is 9.46. The summed E-state index contributed by atoms with van der Waals surface area (Å²) in [6.45, 7) is 8.48. The van der Waals surface area contributed by atoms with Gasteiger partial charge in [0.05, 0.1) is 36.0 Å². The molecular weight excluding hydrogens is 378 g/mol. The number of guanidine groups is 1. The Morgan fingerprint density at radius 3 is 3.00 bits per heavy atom. The Morgan fingerprint density at radius 1 is 1.44 bits per heavy atom. The molecule has 6 nitrogen and oxygen atoms in total. The number of thiazole rings is 1. The summed E-state index contributed by atoms with van der Waals surface area (Å²) in [5, 5.41) is 12.3. The number of aliphatic imine (C=N–C) groups is 1. The SMILES string of the molecule is CCc1nc(CNC(=NC)NCC(c2cccs2)N2CCOC(C)C2)cs1. The summed E-state index contributed by atoms with van der Waals surface area (Å²) in [5.41, 5.74) is 1.07. The molecule has 1 fully saturated rings. The van der Waals surface area contributed by atoms with Crippen molar-refractivity contribution in [2.45, 2.75) is 39.0 Å². The smallest absolute Gasteiger partial charge is 0.191 e. The monoisotopic (exact) mass is 407 g/mol. The van der Waals surface area contributed by atoms with Crippen LogP contribution in [0.4, 0.5) is 0 Å². The molecular formula is C19H29N5OS2. The van der Waals surface area contributed by atoms with E-state index in [2.05, 4.69) is 62.3 Å². The molecule has 0 aromatic carbocycles. The van der Waals surface area contributed by atoms with Crippen LogP contribution in [0.25, 0.3) is 0 Å². The molecule has 8 heteroatoms. The Hall–Kier alpha value is -1.48. The molecule has 2 unspecified atom stereocenters. The molecule has 3 rings (SSSR count). The molecule has 27 heavy (non-hydrogen) atoms. The summed E-state index contributed by atoms with van der Waals surface area (Å²) in [6, 6.07) is 4.66. The molecule has 0 saturated carbocycles. The molecule has 0 bridgehead atoms. The molecule has 1 aliphatic heterocycles. The fraction of sp³-hybridized carbons (Fsp3) is 0.579. The van der Waals surface area contributed by atoms with Gasteiger partial charge in [-0.2, -0.15) is 0 Å². The normalized spacial score (nSPS) is 19.8. The highest BCUT2D eigenvalue weighted by Crippen LogP contribution is 2.26. The quantitative estimate of drug-likeness (QED) is 0.546. The van der Waals surface area contributed by atoms with Gasteiger partial charge in [-0.1, -0.05) is 13.0 Å². The van der Waals surface area contributed by atoms with Gasteiger partial charge in [0.2, 0.25) is 0 Å². The second kappa shape index (κ2) is 10.2. The van der Waals surface area contributed by atoms with Crippen LogP contribution >= 0.6 is 22.7 Å². The summed E-state index contributed by atoms with van der Waals surface area (Å²) in [5.74, 6) is 0.809. The average molecular weight is 408 g/mol. The minimum absolute atomic E-state index is 0.274. The van der Waals surface area contributed by atoms with Gasteiger partial charge in [0, 0.05) is 36.9 Å². The number of nitrogens with one attached hydrogen (secondary N) is 2. The van der Waals surface area contributed by atoms with Crippen LogP contribution in [-0.4, -0.2) is 55.2 Å². The molecule has 2 N–H and O–H groups in total. The van der Waals surface area contributed by atoms with Gasteiger partial charge in [0.1, 0.15) is 0 Å². The number of aromatic nitrogens is 1. The number of aryl methyl sites for hydroxylation is 1. The van der Waals surface area contributed by atoms with Gasteiger partial charge in [-0.3, -0.25) is 9.89 Å². The van der Waals surface area contributed by atoms with Crippen molar-refractivity contribution in [3.8, 4) is 0 Å². The molecule has 1 saturated heterocycles. The lowest BCUT2D eigenvalue weighted by Crippen LogP contribution is -2.47. The average Bonchev–Trinajstić information content (AvgIpc) is 3.36. The summed E-state index contributed by atoms with van der Waals surface area (Å²) in [7, 11) is 1.81. The van der Waals surface area contributed by atoms with E-state index in [4.69, 9.17) is 4.74 Å². The maximum absolute atomic E-state index is 5.72. The molecule has 1 aliphatic rings. The summed E-state index contributed by atoms with van der Waals surface area (Å²) < 4.78 is 5.72. The predicted octanol–water partition coefficient (Wildman–Crippen LogP) is 2.89. The molecule has 148 valence electrons. The van der Waals surface area contributed by atoms with Crippen molar-refractivity contribution in [2.75, 3.05) is 33.3 Å². The van der Waals surface area contributed by atoms with Gasteiger partial charge in [-0.25, -0.2) is 4.98 Å². The van der Waals surface area contributed by atoms with Crippen LogP contribution in [0.5, 0.6) is 0 Å². The van der Waals surface area contributed by atoms with Crippen molar-refractivity contribution in [3.05, 3.63) is 38.5 Å². The van der Waals surface area contributed by atoms with E-state index in [-0.39, 0.29) is 6.10 Å². The Kier molecular flexibility index (Phi) is 7.63. The highest BCUT2D eigenvalue weighted by molar-refractivity contribution is 7.10. The van der Waals surface area contributed by atoms with E-state index in [9.17, 15) is 0 Å². The number of morpholine rings is 1. The molecule has 0 amide bonds. The first kappa shape index (κ1) is 20.3. The lowest BCUT2D eigenvalue weighted by Gasteiger charge is -2.37. The second-order valence-corrected chi connectivity index (χ2v) is 8.52. The number of nitrogens with zero attached hydrogens (tertiary/aromatic N) is 3. The zero-order valence-electron chi connectivity index (χ0n) is 16.3. The zero-order valence-corrected chi connectivity index (χ0v) is 17.9. The van der Waals surface area contributed by atoms with Crippen LogP contribution in [-0.2, 0) is 17.7 Å². The van der Waals surface area contributed by atoms with Crippen LogP contribution in [0.15, 0.2) is 27.9 Å². The van der Waals surface area contributed by atoms with Crippen molar-refractivity contribution >= 4 is 28.6 Å². The van der Waals surface area contributed by atoms with Gasteiger partial charge in [0.15, 0.2) is 5.96 Å². The largest absolute Gasteiger partial charge is 0.376 e. The fourth-order valence-electron chi connectivity index (χ4n) is 3.20. The van der Waals surface area contributed by atoms with E-state index in [1.807, 2.05) is 18.4 Å². The van der Waals surface area contributed by atoms with Gasteiger partial charge >= 0.3 is 0 Å². The summed E-state index contributed by atoms with van der Waals surface area (Å²) in [4.78, 5) is 12.9. The predicted molar refractivity (Wildman–Crippen MR) is 114 cm³/mol. The van der Waals surface area contributed by atoms with Crippen LogP contribution in [0, 0.1) is 0 Å². The third-order valence-electron chi connectivity index (χ3n) is 4.61. The minimum Gasteiger partial charge on any atom is -0.376 e. The Morgan fingerprint density at radius 2 is 2.33 bits per heavy atom. The van der Waals surface area contributed by atoms with Crippen molar-refractivity contribution in [1.82, 2.24) is 20.5 Å². The highest BCUT2D eigenvalue weighted by atomic mass is 32.1. The van der Waals surface area contributed by atoms with Crippen molar-refractivity contribution in [1.29, 1.82) is 0 Å². The summed E-state index contributed by atoms with van der Waals surface area (Å²) >= 11 is 3.53. The fourth-order valence-corrected chi connectivity index (χ4v) is 4.81. The van der Waals surface area contributed by atoms with Gasteiger partial charge in [-0.05, 0) is 24.8 Å². The van der Waals surface area contributed by atoms with Crippen LogP contribution in [0.3, 0.4) is 0 Å². The van der Waals surface area contributed by atoms with Crippen molar-refractivity contribution < 1.29 is 4.74 Å². The van der Waals surface area contributed by atoms with E-state index in [0.717, 1.165) is 44.3 Å². The van der Waals surface area contributed by atoms with E-state index >= 15 is 0 Å². The molecule has 0 spiro atoms. The molecule has 3 heterocycles. The number of thiophene rings is 1. The molecule has 0 radical (unpaired) electrons. The maximum Gasteiger partial charge on any atom is 0.191 e. The number of hydrogen-bond acceptors (Lipinski definition) is 6. The first-order chi connectivity index (χ1) is 13.2. The van der Waals surface area contributed by atoms with Crippen molar-refractivity contribution in [3.63, 3.8) is 0 Å². The molecule has 2 atom stereocenters. The minimum atomic E-state index is 0.274. The Labute approximate surface area is 169 Å². The Bertz CT molecular complexity index is 716. The molecule has 2 aromatic rings. The van der Waals surface area contributed by atoms with Gasteiger partial charge in [0.25, 0.3) is 0 Å². The third kappa shape index (κ3) is 5.75. The van der Waals surface area contributed by atoms with E-state index in [0.29, 0.717) is 12.6 Å². The topological polar surface area (TPSA) is 61.8 Å². The van der Waals surface area contributed by atoms with E-state index in [1.165, 1.54) is 9.88 Å². The first-order valence-corrected chi connectivity index (χ1v) is 11.2. The van der Waals surface area contributed by atoms with E-state index < -0.39 is 0 Å². The lowest BCUT2D eigenvalue weighted by molar-refractivity contribution is -0.0334. The zero-order chi connectivity index (χ0) is 19.1. The molecule has 0 aliphatic carbocycles. The van der Waals surface area contributed by atoms with Gasteiger partial charge < -0.3 is 15.4 Å². The summed E-state index contributed by atoms with van der Waals surface area (Å²) in [6.07, 6.45) is 1.26. The number of ether oxygens (including phenoxy) is 1. The Balaban J connectivity index is 1.57. The number of rotatable bonds is 7. The molecule has 2 aromatic heterocycles. The van der Waals surface area contributed by atoms with Crippen LogP contribution < -0.4 is 10.6 Å². The van der Waals surface area contributed by atoms with Gasteiger partial charge in [-0.15, -0.1) is 22.7 Å². The third-order valence-corrected chi connectivity index (χ3v) is 6.63. The van der Waals surface area contributed by atoms with E-state index in [1.54, 1.807) is 11.3 Å². The lowest BCUT2D eigenvalue weighted by atomic mass is 10.1. The number of hydrogen-bond donors (Lipinski definition) is 2. The second-order valence-electron chi connectivity index (χ2n) is 6.60. The van der Waals surface area contributed by atoms with Crippen LogP contribution in [0.1, 0.15) is 35.5 Å².